The molecule has 0 radical (unpaired) electrons. The van der Waals surface area contributed by atoms with Crippen molar-refractivity contribution in [2.45, 2.75) is 24.7 Å². The van der Waals surface area contributed by atoms with Crippen LogP contribution < -0.4 is 4.72 Å². The number of rotatable bonds is 6. The molecule has 0 aromatic heterocycles. The highest BCUT2D eigenvalue weighted by molar-refractivity contribution is 7.92. The summed E-state index contributed by atoms with van der Waals surface area (Å²) in [5, 5.41) is 8.59. The van der Waals surface area contributed by atoms with Gasteiger partial charge in [-0.15, -0.1) is 0 Å². The molecule has 126 valence electrons. The Bertz CT molecular complexity index is 853. The Morgan fingerprint density at radius 3 is 2.38 bits per heavy atom. The molecule has 0 heterocycles. The Balaban J connectivity index is 2.21. The van der Waals surface area contributed by atoms with Crippen LogP contribution in [0.25, 0.3) is 6.08 Å². The third kappa shape index (κ3) is 4.70. The second kappa shape index (κ2) is 7.31. The highest BCUT2D eigenvalue weighted by Gasteiger charge is 2.14. The van der Waals surface area contributed by atoms with Crippen LogP contribution in [0.1, 0.15) is 30.9 Å². The summed E-state index contributed by atoms with van der Waals surface area (Å²) in [7, 11) is -3.69. The van der Waals surface area contributed by atoms with E-state index in [-0.39, 0.29) is 4.90 Å². The van der Waals surface area contributed by atoms with Crippen molar-refractivity contribution in [3.05, 3.63) is 65.7 Å². The topological polar surface area (TPSA) is 83.5 Å². The highest BCUT2D eigenvalue weighted by atomic mass is 32.2. The minimum absolute atomic E-state index is 0.116. The molecule has 0 aliphatic carbocycles. The molecule has 2 aromatic rings. The molecule has 0 saturated heterocycles. The van der Waals surface area contributed by atoms with Crippen LogP contribution in [0.3, 0.4) is 0 Å². The predicted octanol–water partition coefficient (Wildman–Crippen LogP) is 3.71. The molecule has 0 amide bonds. The van der Waals surface area contributed by atoms with Crippen molar-refractivity contribution >= 4 is 27.8 Å². The van der Waals surface area contributed by atoms with E-state index in [0.29, 0.717) is 17.2 Å². The summed E-state index contributed by atoms with van der Waals surface area (Å²) in [4.78, 5) is 10.6. The molecule has 0 aliphatic rings. The summed E-state index contributed by atoms with van der Waals surface area (Å²) in [5.41, 5.74) is 2.17. The summed E-state index contributed by atoms with van der Waals surface area (Å²) in [6, 6.07) is 13.3. The minimum Gasteiger partial charge on any atom is -0.478 e. The van der Waals surface area contributed by atoms with E-state index in [2.05, 4.69) is 4.72 Å². The lowest BCUT2D eigenvalue weighted by atomic mass is 10.0. The third-order valence-corrected chi connectivity index (χ3v) is 4.81. The van der Waals surface area contributed by atoms with E-state index in [1.165, 1.54) is 18.2 Å². The van der Waals surface area contributed by atoms with Crippen molar-refractivity contribution in [1.29, 1.82) is 0 Å². The summed E-state index contributed by atoms with van der Waals surface area (Å²) in [6.45, 7) is 4.08. The lowest BCUT2D eigenvalue weighted by Gasteiger charge is -2.11. The second-order valence-corrected chi connectivity index (χ2v) is 7.31. The normalized spacial score (nSPS) is 11.8. The van der Waals surface area contributed by atoms with Gasteiger partial charge in [0, 0.05) is 11.8 Å². The molecule has 2 N–H and O–H groups in total. The number of carboxylic acids is 1. The van der Waals surface area contributed by atoms with Crippen LogP contribution >= 0.6 is 0 Å². The SMILES string of the molecule is CC(C)c1cccc(NS(=O)(=O)c2ccc(/C=C/C(=O)O)cc2)c1. The Hall–Kier alpha value is -2.60. The lowest BCUT2D eigenvalue weighted by molar-refractivity contribution is -0.131. The largest absolute Gasteiger partial charge is 0.478 e. The van der Waals surface area contributed by atoms with Gasteiger partial charge in [-0.2, -0.15) is 0 Å². The molecule has 5 nitrogen and oxygen atoms in total. The van der Waals surface area contributed by atoms with Gasteiger partial charge in [-0.3, -0.25) is 4.72 Å². The maximum atomic E-state index is 12.4. The van der Waals surface area contributed by atoms with E-state index in [9.17, 15) is 13.2 Å². The average molecular weight is 345 g/mol. The van der Waals surface area contributed by atoms with E-state index < -0.39 is 16.0 Å². The van der Waals surface area contributed by atoms with Gasteiger partial charge in [-0.25, -0.2) is 13.2 Å². The molecule has 0 spiro atoms. The zero-order valence-corrected chi connectivity index (χ0v) is 14.2. The van der Waals surface area contributed by atoms with E-state index in [1.807, 2.05) is 32.0 Å². The number of sulfonamides is 1. The molecule has 0 aliphatic heterocycles. The van der Waals surface area contributed by atoms with Gasteiger partial charge in [0.15, 0.2) is 0 Å². The van der Waals surface area contributed by atoms with Crippen molar-refractivity contribution in [2.24, 2.45) is 0 Å². The number of benzene rings is 2. The van der Waals surface area contributed by atoms with Gasteiger partial charge >= 0.3 is 5.97 Å². The molecule has 2 aromatic carbocycles. The van der Waals surface area contributed by atoms with Crippen molar-refractivity contribution in [2.75, 3.05) is 4.72 Å². The first-order valence-corrected chi connectivity index (χ1v) is 8.90. The average Bonchev–Trinajstić information content (AvgIpc) is 2.53. The van der Waals surface area contributed by atoms with Gasteiger partial charge in [0.05, 0.1) is 4.90 Å². The summed E-state index contributed by atoms with van der Waals surface area (Å²) in [5.74, 6) is -0.756. The zero-order valence-electron chi connectivity index (χ0n) is 13.4. The quantitative estimate of drug-likeness (QED) is 0.782. The number of hydrogen-bond donors (Lipinski definition) is 2. The Morgan fingerprint density at radius 2 is 1.79 bits per heavy atom. The number of carbonyl (C=O) groups is 1. The van der Waals surface area contributed by atoms with Gasteiger partial charge in [0.1, 0.15) is 0 Å². The van der Waals surface area contributed by atoms with Crippen molar-refractivity contribution in [3.8, 4) is 0 Å². The van der Waals surface area contributed by atoms with Crippen molar-refractivity contribution in [3.63, 3.8) is 0 Å². The van der Waals surface area contributed by atoms with Crippen LogP contribution in [0, 0.1) is 0 Å². The third-order valence-electron chi connectivity index (χ3n) is 3.41. The van der Waals surface area contributed by atoms with Crippen molar-refractivity contribution < 1.29 is 18.3 Å². The van der Waals surface area contributed by atoms with Crippen LogP contribution in [0.5, 0.6) is 0 Å². The molecule has 0 fully saturated rings. The molecule has 0 bridgehead atoms. The Kier molecular flexibility index (Phi) is 5.41. The van der Waals surface area contributed by atoms with Crippen LogP contribution in [-0.2, 0) is 14.8 Å². The summed E-state index contributed by atoms with van der Waals surface area (Å²) >= 11 is 0. The molecule has 2 rings (SSSR count). The predicted molar refractivity (Wildman–Crippen MR) is 94.5 cm³/mol. The van der Waals surface area contributed by atoms with E-state index >= 15 is 0 Å². The fraction of sp³-hybridized carbons (Fsp3) is 0.167. The molecule has 0 unspecified atom stereocenters. The van der Waals surface area contributed by atoms with E-state index in [0.717, 1.165) is 11.6 Å². The Labute approximate surface area is 141 Å². The minimum atomic E-state index is -3.69. The first-order chi connectivity index (χ1) is 11.3. The van der Waals surface area contributed by atoms with Crippen LogP contribution in [0.15, 0.2) is 59.5 Å². The molecular weight excluding hydrogens is 326 g/mol. The van der Waals surface area contributed by atoms with Crippen LogP contribution in [0.4, 0.5) is 5.69 Å². The standard InChI is InChI=1S/C18H19NO4S/c1-13(2)15-4-3-5-16(12-15)19-24(22,23)17-9-6-14(7-10-17)8-11-18(20)21/h3-13,19H,1-2H3,(H,20,21)/b11-8+. The van der Waals surface area contributed by atoms with Crippen LogP contribution in [-0.4, -0.2) is 19.5 Å². The van der Waals surface area contributed by atoms with Gasteiger partial charge in [0.2, 0.25) is 0 Å². The van der Waals surface area contributed by atoms with E-state index in [4.69, 9.17) is 5.11 Å². The van der Waals surface area contributed by atoms with Gasteiger partial charge < -0.3 is 5.11 Å². The van der Waals surface area contributed by atoms with E-state index in [1.54, 1.807) is 18.2 Å². The highest BCUT2D eigenvalue weighted by Crippen LogP contribution is 2.21. The molecule has 0 saturated carbocycles. The van der Waals surface area contributed by atoms with Gasteiger partial charge in [-0.05, 0) is 47.4 Å². The Morgan fingerprint density at radius 1 is 1.12 bits per heavy atom. The number of carboxylic acid groups (broad SMARTS) is 1. The first kappa shape index (κ1) is 17.7. The number of aliphatic carboxylic acids is 1. The smallest absolute Gasteiger partial charge is 0.328 e. The first-order valence-electron chi connectivity index (χ1n) is 7.42. The zero-order chi connectivity index (χ0) is 17.7. The number of anilines is 1. The van der Waals surface area contributed by atoms with Gasteiger partial charge in [-0.1, -0.05) is 38.1 Å². The van der Waals surface area contributed by atoms with Crippen LogP contribution in [0.2, 0.25) is 0 Å². The molecule has 6 heteroatoms. The fourth-order valence-corrected chi connectivity index (χ4v) is 3.15. The lowest BCUT2D eigenvalue weighted by Crippen LogP contribution is -2.13. The monoisotopic (exact) mass is 345 g/mol. The summed E-state index contributed by atoms with van der Waals surface area (Å²) < 4.78 is 27.4. The second-order valence-electron chi connectivity index (χ2n) is 5.63. The number of hydrogen-bond acceptors (Lipinski definition) is 3. The summed E-state index contributed by atoms with van der Waals surface area (Å²) in [6.07, 6.45) is 2.40. The maximum Gasteiger partial charge on any atom is 0.328 e. The van der Waals surface area contributed by atoms with Gasteiger partial charge in [0.25, 0.3) is 10.0 Å². The molecule has 24 heavy (non-hydrogen) atoms. The number of nitrogens with one attached hydrogen (secondary N) is 1. The molecule has 0 atom stereocenters. The van der Waals surface area contributed by atoms with Crippen molar-refractivity contribution in [1.82, 2.24) is 0 Å². The molecular formula is C18H19NO4S. The maximum absolute atomic E-state index is 12.4. The fourth-order valence-electron chi connectivity index (χ4n) is 2.10.